The quantitative estimate of drug-likeness (QED) is 0.314. The van der Waals surface area contributed by atoms with E-state index in [4.69, 9.17) is 9.47 Å². The fraction of sp³-hybridized carbons (Fsp3) is 0.722. The van der Waals surface area contributed by atoms with Crippen molar-refractivity contribution in [2.24, 2.45) is 40.9 Å². The number of nitrogens with zero attached hydrogens (tertiary/aromatic N) is 1. The van der Waals surface area contributed by atoms with Gasteiger partial charge < -0.3 is 35.0 Å². The maximum Gasteiger partial charge on any atom is 0.247 e. The normalized spacial score (nSPS) is 36.7. The van der Waals surface area contributed by atoms with E-state index in [0.717, 1.165) is 31.1 Å². The Labute approximate surface area is 266 Å². The number of fused-ring (bicyclic) bond motifs is 7. The molecule has 8 rings (SSSR count). The number of aliphatic hydroxyl groups excluding tert-OH is 3. The van der Waals surface area contributed by atoms with Crippen molar-refractivity contribution in [1.82, 2.24) is 10.2 Å². The van der Waals surface area contributed by atoms with Crippen LogP contribution in [-0.2, 0) is 16.2 Å². The van der Waals surface area contributed by atoms with Gasteiger partial charge in [-0.25, -0.2) is 0 Å². The molecule has 45 heavy (non-hydrogen) atoms. The van der Waals surface area contributed by atoms with Crippen molar-refractivity contribution >= 4 is 11.8 Å². The van der Waals surface area contributed by atoms with Gasteiger partial charge in [0.2, 0.25) is 11.8 Å². The molecule has 9 heteroatoms. The number of aliphatic hydroxyl groups is 3. The summed E-state index contributed by atoms with van der Waals surface area (Å²) in [7, 11) is 1.53. The van der Waals surface area contributed by atoms with Gasteiger partial charge in [0, 0.05) is 30.6 Å². The minimum absolute atomic E-state index is 0.0660. The Morgan fingerprint density at radius 1 is 1.09 bits per heavy atom. The number of hydrogen-bond donors (Lipinski definition) is 4. The van der Waals surface area contributed by atoms with Gasteiger partial charge in [-0.15, -0.1) is 0 Å². The highest BCUT2D eigenvalue weighted by Crippen LogP contribution is 2.62. The molecular formula is C36H50N2O7. The molecule has 1 aromatic rings. The van der Waals surface area contributed by atoms with E-state index in [2.05, 4.69) is 19.2 Å². The van der Waals surface area contributed by atoms with Crippen LogP contribution in [-0.4, -0.2) is 77.1 Å². The van der Waals surface area contributed by atoms with E-state index >= 15 is 0 Å². The molecule has 0 radical (unpaired) electrons. The van der Waals surface area contributed by atoms with Crippen molar-refractivity contribution in [3.8, 4) is 11.5 Å². The Hall–Kier alpha value is -2.62. The Bertz CT molecular complexity index is 1360. The van der Waals surface area contributed by atoms with Crippen LogP contribution in [0, 0.1) is 40.9 Å². The van der Waals surface area contributed by atoms with Gasteiger partial charge in [0.1, 0.15) is 12.2 Å². The summed E-state index contributed by atoms with van der Waals surface area (Å²) >= 11 is 0. The van der Waals surface area contributed by atoms with Crippen LogP contribution in [0.1, 0.15) is 82.3 Å². The molecule has 4 N–H and O–H groups in total. The second-order valence-corrected chi connectivity index (χ2v) is 15.4. The monoisotopic (exact) mass is 622 g/mol. The number of carbonyl (C=O) groups is 2. The van der Waals surface area contributed by atoms with Crippen LogP contribution in [0.5, 0.6) is 11.5 Å². The highest BCUT2D eigenvalue weighted by atomic mass is 16.5. The number of nitrogens with one attached hydrogen (secondary N) is 1. The van der Waals surface area contributed by atoms with Crippen molar-refractivity contribution in [2.45, 2.75) is 96.0 Å². The Morgan fingerprint density at radius 3 is 2.56 bits per heavy atom. The highest BCUT2D eigenvalue weighted by Gasteiger charge is 2.56. The Balaban J connectivity index is 1.26. The van der Waals surface area contributed by atoms with Gasteiger partial charge in [0.05, 0.1) is 32.3 Å². The lowest BCUT2D eigenvalue weighted by atomic mass is 9.45. The number of methoxy groups -OCH3 is 1. The van der Waals surface area contributed by atoms with E-state index in [9.17, 15) is 24.9 Å². The number of rotatable bonds is 10. The van der Waals surface area contributed by atoms with Gasteiger partial charge in [0.15, 0.2) is 11.5 Å². The number of hydrogen-bond acceptors (Lipinski definition) is 7. The van der Waals surface area contributed by atoms with Gasteiger partial charge in [-0.05, 0) is 103 Å². The third-order valence-electron chi connectivity index (χ3n) is 12.9. The molecule has 4 bridgehead atoms. The summed E-state index contributed by atoms with van der Waals surface area (Å²) in [6.45, 7) is 4.95. The SMILES string of the molecule is COc1cc(CO)cc2c1O[C@@H]1[C@@H](O)[C@H](N(C[C@@H]3CC[C@H]4C[C@@H]3C4(C)C)C(=O)CC3CC4CCC3C4)C=C(C(=O)NCCO)[C@H]21. The van der Waals surface area contributed by atoms with Crippen LogP contribution in [0.3, 0.4) is 0 Å². The summed E-state index contributed by atoms with van der Waals surface area (Å²) in [5, 5.41) is 34.4. The minimum atomic E-state index is -1.08. The second-order valence-electron chi connectivity index (χ2n) is 15.4. The van der Waals surface area contributed by atoms with E-state index < -0.39 is 24.2 Å². The highest BCUT2D eigenvalue weighted by molar-refractivity contribution is 5.96. The average molecular weight is 623 g/mol. The molecule has 3 unspecified atom stereocenters. The predicted molar refractivity (Wildman–Crippen MR) is 167 cm³/mol. The Kier molecular flexibility index (Phi) is 8.18. The summed E-state index contributed by atoms with van der Waals surface area (Å²) in [5.41, 5.74) is 1.94. The van der Waals surface area contributed by atoms with Gasteiger partial charge in [-0.3, -0.25) is 9.59 Å². The van der Waals surface area contributed by atoms with Crippen molar-refractivity contribution in [3.63, 3.8) is 0 Å². The lowest BCUT2D eigenvalue weighted by Gasteiger charge is -2.61. The van der Waals surface area contributed by atoms with E-state index in [1.54, 1.807) is 18.2 Å². The fourth-order valence-electron chi connectivity index (χ4n) is 10.4. The first-order valence-electron chi connectivity index (χ1n) is 17.2. The molecule has 0 saturated heterocycles. The summed E-state index contributed by atoms with van der Waals surface area (Å²) in [6.07, 6.45) is 8.64. The maximum absolute atomic E-state index is 14.5. The van der Waals surface area contributed by atoms with Crippen molar-refractivity contribution < 1.29 is 34.4 Å². The van der Waals surface area contributed by atoms with Gasteiger partial charge in [-0.1, -0.05) is 20.3 Å². The lowest BCUT2D eigenvalue weighted by Crippen LogP contribution is -2.60. The molecule has 1 heterocycles. The molecule has 1 aliphatic heterocycles. The summed E-state index contributed by atoms with van der Waals surface area (Å²) in [4.78, 5) is 30.1. The predicted octanol–water partition coefficient (Wildman–Crippen LogP) is 3.54. The van der Waals surface area contributed by atoms with Crippen LogP contribution < -0.4 is 14.8 Å². The molecule has 0 spiro atoms. The van der Waals surface area contributed by atoms with E-state index in [-0.39, 0.29) is 37.0 Å². The largest absolute Gasteiger partial charge is 0.493 e. The number of ether oxygens (including phenoxy) is 2. The zero-order valence-electron chi connectivity index (χ0n) is 26.9. The van der Waals surface area contributed by atoms with E-state index in [1.165, 1.54) is 32.8 Å². The molecule has 2 amide bonds. The molecule has 9 nitrogen and oxygen atoms in total. The fourth-order valence-corrected chi connectivity index (χ4v) is 10.4. The molecule has 5 fully saturated rings. The van der Waals surface area contributed by atoms with Crippen LogP contribution >= 0.6 is 0 Å². The molecule has 246 valence electrons. The average Bonchev–Trinajstić information content (AvgIpc) is 3.77. The van der Waals surface area contributed by atoms with Crippen molar-refractivity contribution in [3.05, 3.63) is 34.9 Å². The first kappa shape index (κ1) is 31.0. The first-order chi connectivity index (χ1) is 21.6. The van der Waals surface area contributed by atoms with Crippen LogP contribution in [0.25, 0.3) is 0 Å². The van der Waals surface area contributed by atoms with Gasteiger partial charge in [0.25, 0.3) is 0 Å². The van der Waals surface area contributed by atoms with Crippen LogP contribution in [0.4, 0.5) is 0 Å². The molecule has 7 aliphatic rings. The topological polar surface area (TPSA) is 129 Å². The smallest absolute Gasteiger partial charge is 0.247 e. The molecule has 5 saturated carbocycles. The van der Waals surface area contributed by atoms with Crippen LogP contribution in [0.15, 0.2) is 23.8 Å². The number of benzene rings is 1. The third kappa shape index (κ3) is 5.17. The zero-order chi connectivity index (χ0) is 31.6. The van der Waals surface area contributed by atoms with Gasteiger partial charge >= 0.3 is 0 Å². The van der Waals surface area contributed by atoms with Crippen molar-refractivity contribution in [2.75, 3.05) is 26.8 Å². The standard InChI is InChI=1S/C36H50N2O7/c1-36(2)24-7-6-22(27(36)15-24)17-38(30(41)14-23-11-19-4-5-21(23)10-19)28-16-26(35(43)37-8-9-39)31-25-12-20(18-40)13-29(44-3)33(25)45-34(31)32(28)42/h12-13,16,19,21-24,27-28,31-32,34,39-40,42H,4-11,14-15,17-18H2,1-3H3,(H,37,43)/t19?,21?,22-,23?,24-,27-,28+,31-,32-,34-/m0/s1. The first-order valence-corrected chi connectivity index (χ1v) is 17.2. The maximum atomic E-state index is 14.5. The summed E-state index contributed by atoms with van der Waals surface area (Å²) < 4.78 is 12.1. The number of amides is 2. The van der Waals surface area contributed by atoms with E-state index in [0.29, 0.717) is 64.8 Å². The van der Waals surface area contributed by atoms with Crippen molar-refractivity contribution in [1.29, 1.82) is 0 Å². The summed E-state index contributed by atoms with van der Waals surface area (Å²) in [5.74, 6) is 3.30. The molecule has 0 aromatic heterocycles. The summed E-state index contributed by atoms with van der Waals surface area (Å²) in [6, 6.07) is 2.78. The van der Waals surface area contributed by atoms with Gasteiger partial charge in [-0.2, -0.15) is 0 Å². The molecule has 1 aromatic carbocycles. The molecule has 6 aliphatic carbocycles. The zero-order valence-corrected chi connectivity index (χ0v) is 26.9. The van der Waals surface area contributed by atoms with E-state index in [1.807, 2.05) is 4.90 Å². The third-order valence-corrected chi connectivity index (χ3v) is 12.9. The number of carbonyl (C=O) groups excluding carboxylic acids is 2. The molecular weight excluding hydrogens is 572 g/mol. The minimum Gasteiger partial charge on any atom is -0.493 e. The second kappa shape index (κ2) is 11.9. The Morgan fingerprint density at radius 2 is 1.91 bits per heavy atom. The molecule has 10 atom stereocenters. The lowest BCUT2D eigenvalue weighted by molar-refractivity contribution is -0.147. The van der Waals surface area contributed by atoms with Crippen LogP contribution in [0.2, 0.25) is 0 Å².